The molecule has 168 valence electrons. The normalized spacial score (nSPS) is 14.4. The number of ether oxygens (including phenoxy) is 2. The molecule has 0 atom stereocenters. The smallest absolute Gasteiger partial charge is 0.420 e. The van der Waals surface area contributed by atoms with Crippen molar-refractivity contribution in [3.63, 3.8) is 0 Å². The van der Waals surface area contributed by atoms with E-state index in [9.17, 15) is 22.8 Å². The number of nitrogens with one attached hydrogen (secondary N) is 1. The van der Waals surface area contributed by atoms with Gasteiger partial charge in [0, 0.05) is 43.4 Å². The summed E-state index contributed by atoms with van der Waals surface area (Å²) in [5, 5.41) is 2.27. The van der Waals surface area contributed by atoms with E-state index in [4.69, 9.17) is 13.9 Å². The molecule has 3 heterocycles. The molecule has 0 unspecified atom stereocenters. The molecule has 0 spiro atoms. The third-order valence-electron chi connectivity index (χ3n) is 4.90. The highest BCUT2D eigenvalue weighted by atomic mass is 19.4. The van der Waals surface area contributed by atoms with E-state index in [0.29, 0.717) is 31.9 Å². The Kier molecular flexibility index (Phi) is 5.74. The summed E-state index contributed by atoms with van der Waals surface area (Å²) in [6, 6.07) is 6.54. The number of furan rings is 1. The lowest BCUT2D eigenvalue weighted by atomic mass is 10.0. The molecule has 1 aliphatic rings. The maximum Gasteiger partial charge on any atom is 0.420 e. The van der Waals surface area contributed by atoms with E-state index in [0.717, 1.165) is 6.07 Å². The number of morpholine rings is 1. The number of hydrogen-bond donors (Lipinski definition) is 1. The van der Waals surface area contributed by atoms with Crippen LogP contribution in [-0.2, 0) is 10.9 Å². The summed E-state index contributed by atoms with van der Waals surface area (Å²) in [7, 11) is 1.31. The van der Waals surface area contributed by atoms with Crippen LogP contribution in [0.3, 0.4) is 0 Å². The highest BCUT2D eigenvalue weighted by molar-refractivity contribution is 5.94. The van der Waals surface area contributed by atoms with Crippen molar-refractivity contribution in [2.24, 2.45) is 0 Å². The zero-order valence-electron chi connectivity index (χ0n) is 16.9. The largest absolute Gasteiger partial charge is 0.425 e. The molecule has 4 rings (SSSR count). The number of hydrogen-bond acceptors (Lipinski definition) is 6. The molecule has 1 aliphatic heterocycles. The summed E-state index contributed by atoms with van der Waals surface area (Å²) in [6.45, 7) is 1.84. The lowest BCUT2D eigenvalue weighted by Gasteiger charge is -2.26. The summed E-state index contributed by atoms with van der Waals surface area (Å²) in [4.78, 5) is 29.7. The van der Waals surface area contributed by atoms with Crippen molar-refractivity contribution in [2.75, 3.05) is 33.4 Å². The average molecular weight is 449 g/mol. The van der Waals surface area contributed by atoms with Gasteiger partial charge in [-0.05, 0) is 24.3 Å². The number of nitrogens with zero attached hydrogens (tertiary/aromatic N) is 2. The van der Waals surface area contributed by atoms with Crippen LogP contribution < -0.4 is 10.1 Å². The molecule has 11 heteroatoms. The lowest BCUT2D eigenvalue weighted by Crippen LogP contribution is -2.40. The van der Waals surface area contributed by atoms with Crippen LogP contribution in [0.15, 0.2) is 40.9 Å². The van der Waals surface area contributed by atoms with Crippen LogP contribution in [-0.4, -0.2) is 55.2 Å². The van der Waals surface area contributed by atoms with Crippen molar-refractivity contribution in [1.29, 1.82) is 0 Å². The number of alkyl halides is 3. The Labute approximate surface area is 179 Å². The minimum atomic E-state index is -4.72. The first-order valence-electron chi connectivity index (χ1n) is 9.64. The molecule has 3 aromatic rings. The molecule has 1 saturated heterocycles. The Hall–Kier alpha value is -3.60. The van der Waals surface area contributed by atoms with Gasteiger partial charge >= 0.3 is 12.3 Å². The van der Waals surface area contributed by atoms with Crippen molar-refractivity contribution in [2.45, 2.75) is 6.18 Å². The molecular weight excluding hydrogens is 431 g/mol. The highest BCUT2D eigenvalue weighted by Gasteiger charge is 2.35. The van der Waals surface area contributed by atoms with Crippen LogP contribution in [0, 0.1) is 0 Å². The minimum Gasteiger partial charge on any atom is -0.425 e. The van der Waals surface area contributed by atoms with E-state index in [1.807, 2.05) is 0 Å². The maximum atomic E-state index is 13.7. The quantitative estimate of drug-likeness (QED) is 0.655. The van der Waals surface area contributed by atoms with Gasteiger partial charge in [0.25, 0.3) is 11.9 Å². The zero-order valence-corrected chi connectivity index (χ0v) is 16.9. The second kappa shape index (κ2) is 8.50. The van der Waals surface area contributed by atoms with E-state index in [1.54, 1.807) is 4.90 Å². The first-order valence-corrected chi connectivity index (χ1v) is 9.64. The van der Waals surface area contributed by atoms with Crippen molar-refractivity contribution >= 4 is 23.0 Å². The molecular formula is C21H18F3N3O5. The summed E-state index contributed by atoms with van der Waals surface area (Å²) in [5.74, 6) is -0.592. The Morgan fingerprint density at radius 1 is 1.16 bits per heavy atom. The molecule has 2 aromatic heterocycles. The second-order valence-electron chi connectivity index (χ2n) is 6.98. The third kappa shape index (κ3) is 4.37. The van der Waals surface area contributed by atoms with Crippen LogP contribution in [0.2, 0.25) is 0 Å². The first kappa shape index (κ1) is 21.6. The topological polar surface area (TPSA) is 93.9 Å². The molecule has 0 aliphatic carbocycles. The van der Waals surface area contributed by atoms with Gasteiger partial charge in [-0.3, -0.25) is 9.78 Å². The van der Waals surface area contributed by atoms with Crippen molar-refractivity contribution in [3.8, 4) is 17.2 Å². The van der Waals surface area contributed by atoms with E-state index < -0.39 is 23.4 Å². The summed E-state index contributed by atoms with van der Waals surface area (Å²) >= 11 is 0. The van der Waals surface area contributed by atoms with Crippen LogP contribution in [0.4, 0.5) is 18.0 Å². The Morgan fingerprint density at radius 2 is 1.91 bits per heavy atom. The molecule has 1 fully saturated rings. The summed E-state index contributed by atoms with van der Waals surface area (Å²) in [6.07, 6.45) is -4.26. The van der Waals surface area contributed by atoms with Crippen molar-refractivity contribution in [3.05, 3.63) is 47.7 Å². The first-order chi connectivity index (χ1) is 15.3. The van der Waals surface area contributed by atoms with Crippen LogP contribution in [0.1, 0.15) is 15.9 Å². The fourth-order valence-electron chi connectivity index (χ4n) is 3.32. The summed E-state index contributed by atoms with van der Waals surface area (Å²) < 4.78 is 56.2. The van der Waals surface area contributed by atoms with Gasteiger partial charge in [0.05, 0.1) is 30.0 Å². The number of fused-ring (bicyclic) bond motifs is 1. The zero-order chi connectivity index (χ0) is 22.9. The third-order valence-corrected chi connectivity index (χ3v) is 4.90. The van der Waals surface area contributed by atoms with Gasteiger partial charge in [-0.2, -0.15) is 13.2 Å². The number of carbonyl (C=O) groups excluding carboxylic acids is 2. The van der Waals surface area contributed by atoms with Crippen molar-refractivity contribution in [1.82, 2.24) is 15.2 Å². The molecule has 0 radical (unpaired) electrons. The van der Waals surface area contributed by atoms with Crippen LogP contribution >= 0.6 is 0 Å². The predicted octanol–water partition coefficient (Wildman–Crippen LogP) is 3.70. The monoisotopic (exact) mass is 449 g/mol. The molecule has 8 nitrogen and oxygen atoms in total. The van der Waals surface area contributed by atoms with Gasteiger partial charge in [0.15, 0.2) is 5.58 Å². The molecule has 1 N–H and O–H groups in total. The van der Waals surface area contributed by atoms with Crippen molar-refractivity contribution < 1.29 is 36.7 Å². The van der Waals surface area contributed by atoms with E-state index in [-0.39, 0.29) is 28.5 Å². The number of carbonyl (C=O) groups is 2. The molecule has 0 bridgehead atoms. The van der Waals surface area contributed by atoms with Gasteiger partial charge < -0.3 is 24.1 Å². The summed E-state index contributed by atoms with van der Waals surface area (Å²) in [5.41, 5.74) is -0.753. The molecule has 2 amide bonds. The Bertz CT molecular complexity index is 1150. The number of pyridine rings is 1. The number of rotatable bonds is 3. The van der Waals surface area contributed by atoms with E-state index in [2.05, 4.69) is 10.3 Å². The maximum absolute atomic E-state index is 13.7. The highest BCUT2D eigenvalue weighted by Crippen LogP contribution is 2.40. The van der Waals surface area contributed by atoms with Gasteiger partial charge in [0.2, 0.25) is 0 Å². The predicted molar refractivity (Wildman–Crippen MR) is 106 cm³/mol. The number of halogens is 3. The lowest BCUT2D eigenvalue weighted by molar-refractivity contribution is -0.136. The van der Waals surface area contributed by atoms with Gasteiger partial charge in [-0.25, -0.2) is 4.79 Å². The Balaban J connectivity index is 1.68. The number of aromatic nitrogens is 1. The average Bonchev–Trinajstić information content (AvgIpc) is 3.19. The number of benzene rings is 1. The van der Waals surface area contributed by atoms with Crippen LogP contribution in [0.5, 0.6) is 5.95 Å². The van der Waals surface area contributed by atoms with E-state index >= 15 is 0 Å². The SMILES string of the molecule is CNC(=O)Oc1cc2cc(-c3ccc(C(=O)N4CCOCC4)cn3)cc(C(F)(F)F)c2o1. The second-order valence-corrected chi connectivity index (χ2v) is 6.98. The molecule has 1 aromatic carbocycles. The molecule has 32 heavy (non-hydrogen) atoms. The van der Waals surface area contributed by atoms with E-state index in [1.165, 1.54) is 37.5 Å². The van der Waals surface area contributed by atoms with Gasteiger partial charge in [-0.15, -0.1) is 0 Å². The fourth-order valence-corrected chi connectivity index (χ4v) is 3.32. The molecule has 0 saturated carbocycles. The van der Waals surface area contributed by atoms with Crippen LogP contribution in [0.25, 0.3) is 22.2 Å². The fraction of sp³-hybridized carbons (Fsp3) is 0.286. The minimum absolute atomic E-state index is 0.0870. The number of amides is 2. The van der Waals surface area contributed by atoms with Gasteiger partial charge in [-0.1, -0.05) is 0 Å². The Morgan fingerprint density at radius 3 is 2.53 bits per heavy atom. The van der Waals surface area contributed by atoms with Gasteiger partial charge in [0.1, 0.15) is 0 Å². The standard InChI is InChI=1S/C21H18F3N3O5/c1-25-20(29)32-17-10-14-8-13(9-15(18(14)31-17)21(22,23)24)16-3-2-12(11-26-16)19(28)27-4-6-30-7-5-27/h2-3,8-11H,4-7H2,1H3,(H,25,29).